The van der Waals surface area contributed by atoms with Gasteiger partial charge in [0.2, 0.25) is 11.4 Å². The van der Waals surface area contributed by atoms with Gasteiger partial charge in [-0.1, -0.05) is 96.1 Å². The van der Waals surface area contributed by atoms with Crippen LogP contribution in [-0.2, 0) is 18.3 Å². The molecule has 0 saturated heterocycles. The zero-order valence-corrected chi connectivity index (χ0v) is 42.8. The van der Waals surface area contributed by atoms with Gasteiger partial charge in [0, 0.05) is 105 Å². The Labute approximate surface area is 400 Å². The summed E-state index contributed by atoms with van der Waals surface area (Å²) in [5.74, 6) is 2.38. The summed E-state index contributed by atoms with van der Waals surface area (Å²) in [5, 5.41) is 0. The van der Waals surface area contributed by atoms with Gasteiger partial charge < -0.3 is 18.8 Å². The van der Waals surface area contributed by atoms with Gasteiger partial charge in [-0.2, -0.15) is 9.13 Å². The Morgan fingerprint density at radius 3 is 1.55 bits per heavy atom. The third kappa shape index (κ3) is 11.9. The third-order valence-electron chi connectivity index (χ3n) is 13.9. The molecule has 0 spiro atoms. The maximum atomic E-state index is 2.41. The number of aryl methyl sites for hydroxylation is 2. The van der Waals surface area contributed by atoms with Crippen molar-refractivity contribution in [2.45, 2.75) is 58.8 Å². The number of hydrogen-bond donors (Lipinski definition) is 0. The smallest absolute Gasteiger partial charge is 0.215 e. The van der Waals surface area contributed by atoms with Gasteiger partial charge in [-0.3, -0.25) is 0 Å². The number of nitrogens with zero attached hydrogens (tertiary/aromatic N) is 6. The number of hydrogen-bond acceptors (Lipinski definition) is 4. The maximum Gasteiger partial charge on any atom is 0.215 e. The molecule has 65 heavy (non-hydrogen) atoms. The second-order valence-electron chi connectivity index (χ2n) is 20.0. The highest BCUT2D eigenvalue weighted by molar-refractivity contribution is 8.76. The van der Waals surface area contributed by atoms with E-state index in [9.17, 15) is 0 Å². The highest BCUT2D eigenvalue weighted by Crippen LogP contribution is 2.39. The van der Waals surface area contributed by atoms with Gasteiger partial charge in [-0.15, -0.1) is 0 Å². The van der Waals surface area contributed by atoms with Crippen LogP contribution in [0.25, 0.3) is 33.6 Å². The second kappa shape index (κ2) is 21.4. The first-order valence-electron chi connectivity index (χ1n) is 24.0. The zero-order valence-electron chi connectivity index (χ0n) is 41.2. The third-order valence-corrected chi connectivity index (χ3v) is 16.3. The Bertz CT molecular complexity index is 2490. The Morgan fingerprint density at radius 2 is 1.02 bits per heavy atom. The minimum atomic E-state index is -0.0147. The molecule has 1 aliphatic heterocycles. The van der Waals surface area contributed by atoms with E-state index < -0.39 is 0 Å². The van der Waals surface area contributed by atoms with Crippen LogP contribution in [0.4, 0.5) is 11.4 Å². The van der Waals surface area contributed by atoms with Crippen molar-refractivity contribution in [1.82, 2.24) is 0 Å². The highest BCUT2D eigenvalue weighted by Gasteiger charge is 2.43. The molecule has 3 heterocycles. The molecule has 4 aromatic carbocycles. The van der Waals surface area contributed by atoms with Crippen LogP contribution in [0.1, 0.15) is 63.1 Å². The fourth-order valence-corrected chi connectivity index (χ4v) is 12.0. The van der Waals surface area contributed by atoms with Gasteiger partial charge in [0.1, 0.15) is 0 Å². The summed E-state index contributed by atoms with van der Waals surface area (Å²) in [6.45, 7) is 16.0. The lowest BCUT2D eigenvalue weighted by molar-refractivity contribution is -0.887. The molecule has 0 atom stereocenters. The molecule has 0 saturated carbocycles. The largest absolute Gasteiger partial charge is 0.374 e. The summed E-state index contributed by atoms with van der Waals surface area (Å²) in [6.07, 6.45) is 8.86. The molecule has 0 bridgehead atoms. The maximum absolute atomic E-state index is 2.41. The van der Waals surface area contributed by atoms with Gasteiger partial charge >= 0.3 is 0 Å². The van der Waals surface area contributed by atoms with Crippen molar-refractivity contribution in [3.05, 3.63) is 156 Å². The first kappa shape index (κ1) is 48.3. The Hall–Kier alpha value is -4.60. The van der Waals surface area contributed by atoms with Crippen molar-refractivity contribution in [3.8, 4) is 33.6 Å². The van der Waals surface area contributed by atoms with Gasteiger partial charge in [-0.05, 0) is 66.8 Å². The van der Waals surface area contributed by atoms with Gasteiger partial charge in [0.15, 0.2) is 23.8 Å². The number of quaternary nitrogens is 2. The summed E-state index contributed by atoms with van der Waals surface area (Å²) in [6, 6.07) is 45.1. The van der Waals surface area contributed by atoms with Crippen LogP contribution in [0, 0.1) is 0 Å². The fourth-order valence-electron chi connectivity index (χ4n) is 9.46. The molecule has 6 nitrogen and oxygen atoms in total. The van der Waals surface area contributed by atoms with E-state index in [1.54, 1.807) is 0 Å². The van der Waals surface area contributed by atoms with Crippen molar-refractivity contribution in [1.29, 1.82) is 0 Å². The van der Waals surface area contributed by atoms with Gasteiger partial charge in [0.05, 0.1) is 71.3 Å². The number of benzene rings is 4. The Kier molecular flexibility index (Phi) is 15.9. The topological polar surface area (TPSA) is 14.2 Å². The summed E-state index contributed by atoms with van der Waals surface area (Å²) < 4.78 is 6.85. The molecule has 6 aromatic rings. The van der Waals surface area contributed by atoms with Crippen LogP contribution in [0.15, 0.2) is 134 Å². The number of fused-ring (bicyclic) bond motifs is 3. The van der Waals surface area contributed by atoms with Crippen LogP contribution in [0.2, 0.25) is 0 Å². The van der Waals surface area contributed by atoms with E-state index in [1.165, 1.54) is 118 Å². The van der Waals surface area contributed by atoms with Crippen molar-refractivity contribution >= 4 is 33.0 Å². The molecule has 0 aliphatic carbocycles. The average Bonchev–Trinajstić information content (AvgIpc) is 3.54. The molecule has 0 N–H and O–H groups in total. The van der Waals surface area contributed by atoms with E-state index in [-0.39, 0.29) is 5.41 Å². The first-order chi connectivity index (χ1) is 31.2. The van der Waals surface area contributed by atoms with E-state index in [1.807, 2.05) is 0 Å². The molecular formula is C57H76N6S2+4. The fraction of sp³-hybridized carbons (Fsp3) is 0.404. The van der Waals surface area contributed by atoms with Crippen molar-refractivity contribution < 1.29 is 18.1 Å². The van der Waals surface area contributed by atoms with Crippen molar-refractivity contribution in [2.24, 2.45) is 0 Å². The van der Waals surface area contributed by atoms with Crippen molar-refractivity contribution in [3.63, 3.8) is 0 Å². The SMILES string of the molecule is CCc1ccccc1-[n+]1ccc(-c2ccc(N(C)CCC[N+](C)(C)CCSSCC[N+](C)(C)CCCN(C)c3ccc(-c4cc[n+]5c(c4)C(C)(C)c4ccccc4-5)cc3)cc2)cc1CC. The molecule has 0 unspecified atom stereocenters. The van der Waals surface area contributed by atoms with Gasteiger partial charge in [-0.25, -0.2) is 0 Å². The van der Waals surface area contributed by atoms with Crippen LogP contribution in [-0.4, -0.2) is 102 Å². The Balaban J connectivity index is 0.771. The van der Waals surface area contributed by atoms with E-state index in [4.69, 9.17) is 0 Å². The van der Waals surface area contributed by atoms with E-state index >= 15 is 0 Å². The first-order valence-corrected chi connectivity index (χ1v) is 26.5. The Morgan fingerprint density at radius 1 is 0.523 bits per heavy atom. The summed E-state index contributed by atoms with van der Waals surface area (Å²) in [5.41, 5.74) is 15.7. The lowest BCUT2D eigenvalue weighted by atomic mass is 9.82. The van der Waals surface area contributed by atoms with Crippen LogP contribution in [0.5, 0.6) is 0 Å². The van der Waals surface area contributed by atoms with Crippen LogP contribution >= 0.6 is 21.6 Å². The van der Waals surface area contributed by atoms with E-state index in [0.717, 1.165) is 34.9 Å². The molecule has 8 heteroatoms. The van der Waals surface area contributed by atoms with E-state index in [0.29, 0.717) is 0 Å². The molecular weight excluding hydrogens is 833 g/mol. The number of para-hydroxylation sites is 2. The number of aromatic nitrogens is 2. The van der Waals surface area contributed by atoms with Gasteiger partial charge in [0.25, 0.3) is 0 Å². The van der Waals surface area contributed by atoms with Crippen LogP contribution in [0.3, 0.4) is 0 Å². The average molecular weight is 909 g/mol. The second-order valence-corrected chi connectivity index (χ2v) is 22.7. The summed E-state index contributed by atoms with van der Waals surface area (Å²) in [7, 11) is 18.2. The van der Waals surface area contributed by atoms with Crippen molar-refractivity contribution in [2.75, 3.05) is 103 Å². The molecule has 7 rings (SSSR count). The zero-order chi connectivity index (χ0) is 46.2. The van der Waals surface area contributed by atoms with E-state index in [2.05, 4.69) is 244 Å². The predicted octanol–water partition coefficient (Wildman–Crippen LogP) is 11.2. The lowest BCUT2D eigenvalue weighted by Crippen LogP contribution is -2.43. The summed E-state index contributed by atoms with van der Waals surface area (Å²) >= 11 is 0. The summed E-state index contributed by atoms with van der Waals surface area (Å²) in [4.78, 5) is 4.83. The number of pyridine rings is 2. The van der Waals surface area contributed by atoms with Crippen LogP contribution < -0.4 is 18.9 Å². The highest BCUT2D eigenvalue weighted by atomic mass is 33.1. The minimum absolute atomic E-state index is 0.0147. The normalized spacial score (nSPS) is 13.1. The lowest BCUT2D eigenvalue weighted by Gasteiger charge is -2.31. The standard InChI is InChI=1S/C57H76N6S2/c1-11-45-19-13-15-21-54(45)60-35-31-48(43-50(60)12-2)46-23-27-51(28-24-46)58(5)33-17-37-62(7,8)39-41-64-65-42-40-63(9,10)38-18-34-59(6)52-29-25-47(26-30-52)49-32-36-61-55-22-16-14-20-53(55)57(3,4)56(61)44-49/h13-16,19-32,35-36,43-44H,11-12,17-18,33-34,37-42H2,1-10H3/q+4. The molecule has 342 valence electrons. The predicted molar refractivity (Wildman–Crippen MR) is 282 cm³/mol. The molecule has 0 radical (unpaired) electrons. The molecule has 1 aliphatic rings. The molecule has 0 fully saturated rings. The number of rotatable bonds is 22. The number of anilines is 2. The molecule has 0 amide bonds. The quantitative estimate of drug-likeness (QED) is 0.0291. The minimum Gasteiger partial charge on any atom is -0.374 e. The monoisotopic (exact) mass is 909 g/mol. The molecule has 2 aromatic heterocycles.